The number of fused-ring (bicyclic) bond motifs is 1. The molecule has 0 radical (unpaired) electrons. The smallest absolute Gasteiger partial charge is 0.341 e. The second kappa shape index (κ2) is 6.72. The first kappa shape index (κ1) is 17.0. The van der Waals surface area contributed by atoms with Crippen molar-refractivity contribution in [1.82, 2.24) is 14.8 Å². The van der Waals surface area contributed by atoms with Crippen LogP contribution in [0.25, 0.3) is 0 Å². The van der Waals surface area contributed by atoms with E-state index in [0.717, 1.165) is 30.2 Å². The summed E-state index contributed by atoms with van der Waals surface area (Å²) in [5, 5.41) is 13.5. The quantitative estimate of drug-likeness (QED) is 0.790. The monoisotopic (exact) mass is 356 g/mol. The third-order valence-electron chi connectivity index (χ3n) is 5.56. The lowest BCUT2D eigenvalue weighted by atomic mass is 10.2. The first-order valence-corrected chi connectivity index (χ1v) is 9.12. The number of aromatic nitrogens is 3. The largest absolute Gasteiger partial charge is 0.462 e. The Labute approximate surface area is 152 Å². The normalized spacial score (nSPS) is 23.8. The van der Waals surface area contributed by atoms with Gasteiger partial charge in [0.2, 0.25) is 0 Å². The minimum Gasteiger partial charge on any atom is -0.462 e. The molecule has 4 rings (SSSR count). The minimum atomic E-state index is -0.349. The Kier molecular flexibility index (Phi) is 4.40. The highest BCUT2D eigenvalue weighted by atomic mass is 16.5. The van der Waals surface area contributed by atoms with Crippen molar-refractivity contribution in [3.8, 4) is 0 Å². The van der Waals surface area contributed by atoms with E-state index in [1.54, 1.807) is 17.8 Å². The fourth-order valence-corrected chi connectivity index (χ4v) is 3.97. The highest BCUT2D eigenvalue weighted by Crippen LogP contribution is 2.51. The van der Waals surface area contributed by atoms with Crippen molar-refractivity contribution in [2.24, 2.45) is 17.8 Å². The number of rotatable bonds is 6. The molecule has 1 N–H and O–H groups in total. The number of aliphatic hydroxyl groups is 1. The van der Waals surface area contributed by atoms with E-state index >= 15 is 0 Å². The molecule has 1 saturated carbocycles. The fourth-order valence-electron chi connectivity index (χ4n) is 3.97. The number of aliphatic hydroxyl groups excluding tert-OH is 1. The molecule has 2 fully saturated rings. The molecule has 3 heterocycles. The van der Waals surface area contributed by atoms with Gasteiger partial charge in [-0.2, -0.15) is 5.10 Å². The average molecular weight is 356 g/mol. The van der Waals surface area contributed by atoms with Gasteiger partial charge in [-0.15, -0.1) is 0 Å². The Morgan fingerprint density at radius 2 is 2.12 bits per heavy atom. The summed E-state index contributed by atoms with van der Waals surface area (Å²) >= 11 is 0. The standard InChI is InChI=1S/C19H24N4O3/c1-3-26-19(25)14-6-20-23(8-14)7-13-4-5-18(21-12(13)2)22-9-15-16(10-22)17(15)11-24/h4-6,8,15-17,24H,3,7,9-11H2,1-2H3/t15-,16+,17?. The van der Waals surface area contributed by atoms with Crippen LogP contribution in [0.3, 0.4) is 0 Å². The zero-order valence-corrected chi connectivity index (χ0v) is 15.1. The number of anilines is 1. The summed E-state index contributed by atoms with van der Waals surface area (Å²) in [6, 6.07) is 4.13. The van der Waals surface area contributed by atoms with Gasteiger partial charge in [0.15, 0.2) is 0 Å². The highest BCUT2D eigenvalue weighted by molar-refractivity contribution is 5.88. The van der Waals surface area contributed by atoms with Crippen molar-refractivity contribution >= 4 is 11.8 Å². The molecule has 1 unspecified atom stereocenters. The number of ether oxygens (including phenoxy) is 1. The molecule has 2 aliphatic rings. The number of hydrogen-bond donors (Lipinski definition) is 1. The number of pyridine rings is 1. The number of carbonyl (C=O) groups is 1. The van der Waals surface area contributed by atoms with E-state index < -0.39 is 0 Å². The van der Waals surface area contributed by atoms with Crippen LogP contribution in [0.2, 0.25) is 0 Å². The summed E-state index contributed by atoms with van der Waals surface area (Å²) in [4.78, 5) is 18.8. The molecule has 0 bridgehead atoms. The van der Waals surface area contributed by atoms with Crippen LogP contribution in [0.1, 0.15) is 28.5 Å². The lowest BCUT2D eigenvalue weighted by molar-refractivity contribution is 0.0526. The van der Waals surface area contributed by atoms with Crippen LogP contribution in [0.15, 0.2) is 24.5 Å². The van der Waals surface area contributed by atoms with E-state index in [1.165, 1.54) is 6.20 Å². The van der Waals surface area contributed by atoms with Crippen LogP contribution >= 0.6 is 0 Å². The lowest BCUT2D eigenvalue weighted by Crippen LogP contribution is -2.25. The third-order valence-corrected chi connectivity index (χ3v) is 5.56. The Hall–Kier alpha value is -2.41. The predicted octanol–water partition coefficient (Wildman–Crippen LogP) is 1.49. The van der Waals surface area contributed by atoms with Crippen molar-refractivity contribution in [3.63, 3.8) is 0 Å². The zero-order valence-electron chi connectivity index (χ0n) is 15.1. The number of nitrogens with zero attached hydrogens (tertiary/aromatic N) is 4. The van der Waals surface area contributed by atoms with Crippen molar-refractivity contribution in [1.29, 1.82) is 0 Å². The minimum absolute atomic E-state index is 0.312. The van der Waals surface area contributed by atoms with Gasteiger partial charge in [0.05, 0.1) is 24.9 Å². The molecule has 3 atom stereocenters. The van der Waals surface area contributed by atoms with E-state index in [4.69, 9.17) is 9.72 Å². The zero-order chi connectivity index (χ0) is 18.3. The predicted molar refractivity (Wildman–Crippen MR) is 96.0 cm³/mol. The summed E-state index contributed by atoms with van der Waals surface area (Å²) < 4.78 is 6.72. The van der Waals surface area contributed by atoms with Gasteiger partial charge in [0.25, 0.3) is 0 Å². The summed E-state index contributed by atoms with van der Waals surface area (Å²) in [6.07, 6.45) is 3.23. The Morgan fingerprint density at radius 3 is 2.77 bits per heavy atom. The van der Waals surface area contributed by atoms with E-state index in [2.05, 4.69) is 22.1 Å². The van der Waals surface area contributed by atoms with Crippen molar-refractivity contribution in [2.45, 2.75) is 20.4 Å². The van der Waals surface area contributed by atoms with Crippen LogP contribution in [0.5, 0.6) is 0 Å². The van der Waals surface area contributed by atoms with Crippen LogP contribution in [0.4, 0.5) is 5.82 Å². The molecule has 0 spiro atoms. The second-order valence-electron chi connectivity index (χ2n) is 7.14. The van der Waals surface area contributed by atoms with Gasteiger partial charge in [-0.25, -0.2) is 9.78 Å². The molecule has 0 aromatic carbocycles. The second-order valence-corrected chi connectivity index (χ2v) is 7.14. The Bertz CT molecular complexity index is 807. The summed E-state index contributed by atoms with van der Waals surface area (Å²) in [7, 11) is 0. The van der Waals surface area contributed by atoms with Crippen molar-refractivity contribution < 1.29 is 14.6 Å². The molecule has 0 amide bonds. The molecule has 1 aliphatic carbocycles. The molecule has 2 aromatic rings. The lowest BCUT2D eigenvalue weighted by Gasteiger charge is -2.21. The molecule has 7 heteroatoms. The SMILES string of the molecule is CCOC(=O)c1cnn(Cc2ccc(N3C[C@@H]4C(CO)[C@@H]4C3)nc2C)c1. The molecule has 1 saturated heterocycles. The van der Waals surface area contributed by atoms with Crippen LogP contribution in [-0.2, 0) is 11.3 Å². The molecular formula is C19H24N4O3. The van der Waals surface area contributed by atoms with Gasteiger partial charge in [-0.05, 0) is 43.2 Å². The topological polar surface area (TPSA) is 80.5 Å². The summed E-state index contributed by atoms with van der Waals surface area (Å²) in [5.74, 6) is 2.42. The maximum atomic E-state index is 11.7. The molecule has 2 aromatic heterocycles. The number of esters is 1. The third kappa shape index (κ3) is 3.07. The summed E-state index contributed by atoms with van der Waals surface area (Å²) in [5.41, 5.74) is 2.50. The number of carbonyl (C=O) groups excluding carboxylic acids is 1. The number of piperidine rings is 1. The van der Waals surface area contributed by atoms with Crippen LogP contribution < -0.4 is 4.90 Å². The van der Waals surface area contributed by atoms with Gasteiger partial charge in [-0.1, -0.05) is 6.07 Å². The van der Waals surface area contributed by atoms with E-state index in [0.29, 0.717) is 43.1 Å². The summed E-state index contributed by atoms with van der Waals surface area (Å²) in [6.45, 7) is 7.00. The van der Waals surface area contributed by atoms with E-state index in [-0.39, 0.29) is 5.97 Å². The van der Waals surface area contributed by atoms with E-state index in [9.17, 15) is 9.90 Å². The van der Waals surface area contributed by atoms with Crippen molar-refractivity contribution in [3.05, 3.63) is 41.3 Å². The van der Waals surface area contributed by atoms with Gasteiger partial charge >= 0.3 is 5.97 Å². The van der Waals surface area contributed by atoms with Gasteiger partial charge in [0.1, 0.15) is 5.82 Å². The first-order valence-electron chi connectivity index (χ1n) is 9.12. The first-order chi connectivity index (χ1) is 12.6. The molecule has 1 aliphatic heterocycles. The highest BCUT2D eigenvalue weighted by Gasteiger charge is 2.55. The maximum Gasteiger partial charge on any atom is 0.341 e. The van der Waals surface area contributed by atoms with Gasteiger partial charge < -0.3 is 14.7 Å². The van der Waals surface area contributed by atoms with Gasteiger partial charge in [0, 0.05) is 31.6 Å². The average Bonchev–Trinajstić information content (AvgIpc) is 3.00. The van der Waals surface area contributed by atoms with Crippen LogP contribution in [0, 0.1) is 24.7 Å². The van der Waals surface area contributed by atoms with E-state index in [1.807, 2.05) is 6.92 Å². The maximum absolute atomic E-state index is 11.7. The molecule has 7 nitrogen and oxygen atoms in total. The van der Waals surface area contributed by atoms with Crippen LogP contribution in [-0.4, -0.2) is 52.1 Å². The number of hydrogen-bond acceptors (Lipinski definition) is 6. The van der Waals surface area contributed by atoms with Gasteiger partial charge in [-0.3, -0.25) is 4.68 Å². The molecule has 26 heavy (non-hydrogen) atoms. The molecular weight excluding hydrogens is 332 g/mol. The molecule has 138 valence electrons. The fraction of sp³-hybridized carbons (Fsp3) is 0.526. The van der Waals surface area contributed by atoms with Crippen molar-refractivity contribution in [2.75, 3.05) is 31.2 Å². The Morgan fingerprint density at radius 1 is 1.35 bits per heavy atom. The Balaban J connectivity index is 1.42. The number of aryl methyl sites for hydroxylation is 1.